The SMILES string of the molecule is COc1ccc(CN2CCC([C@H](Cc3ccccc3)N(C)C(=O)c3cc(C)nn3C)CC2)cc1OC. The first-order valence-corrected chi connectivity index (χ1v) is 12.6. The fraction of sp³-hybridized carbons (Fsp3) is 0.448. The molecule has 36 heavy (non-hydrogen) atoms. The largest absolute Gasteiger partial charge is 0.493 e. The molecular formula is C29H38N4O3. The maximum atomic E-state index is 13.5. The van der Waals surface area contributed by atoms with Crippen LogP contribution in [0.3, 0.4) is 0 Å². The first-order valence-electron chi connectivity index (χ1n) is 12.6. The molecule has 1 amide bonds. The third-order valence-electron chi connectivity index (χ3n) is 7.36. The number of carbonyl (C=O) groups excluding carboxylic acids is 1. The Hall–Kier alpha value is -3.32. The van der Waals surface area contributed by atoms with Gasteiger partial charge in [-0.1, -0.05) is 36.4 Å². The Morgan fingerprint density at radius 2 is 1.72 bits per heavy atom. The van der Waals surface area contributed by atoms with Gasteiger partial charge in [0.25, 0.3) is 5.91 Å². The van der Waals surface area contributed by atoms with Gasteiger partial charge in [-0.25, -0.2) is 0 Å². The van der Waals surface area contributed by atoms with E-state index in [0.717, 1.165) is 56.1 Å². The van der Waals surface area contributed by atoms with E-state index in [1.807, 2.05) is 44.1 Å². The van der Waals surface area contributed by atoms with Crippen LogP contribution in [0.1, 0.15) is 40.2 Å². The second kappa shape index (κ2) is 11.6. The number of ether oxygens (including phenoxy) is 2. The number of amides is 1. The molecule has 0 spiro atoms. The number of methoxy groups -OCH3 is 2. The van der Waals surface area contributed by atoms with Gasteiger partial charge in [-0.3, -0.25) is 14.4 Å². The van der Waals surface area contributed by atoms with Crippen LogP contribution in [-0.4, -0.2) is 65.9 Å². The predicted molar refractivity (Wildman–Crippen MR) is 142 cm³/mol. The van der Waals surface area contributed by atoms with Crippen molar-refractivity contribution in [1.82, 2.24) is 19.6 Å². The summed E-state index contributed by atoms with van der Waals surface area (Å²) in [7, 11) is 7.12. The van der Waals surface area contributed by atoms with Crippen LogP contribution < -0.4 is 9.47 Å². The maximum absolute atomic E-state index is 13.5. The molecule has 1 atom stereocenters. The van der Waals surface area contributed by atoms with E-state index in [0.29, 0.717) is 11.6 Å². The van der Waals surface area contributed by atoms with Gasteiger partial charge in [0.2, 0.25) is 0 Å². The summed E-state index contributed by atoms with van der Waals surface area (Å²) in [6.07, 6.45) is 2.94. The van der Waals surface area contributed by atoms with Crippen molar-refractivity contribution in [2.24, 2.45) is 13.0 Å². The van der Waals surface area contributed by atoms with Crippen LogP contribution >= 0.6 is 0 Å². The van der Waals surface area contributed by atoms with Gasteiger partial charge in [-0.05, 0) is 74.5 Å². The zero-order valence-corrected chi connectivity index (χ0v) is 22.1. The van der Waals surface area contributed by atoms with Crippen LogP contribution in [0.4, 0.5) is 0 Å². The van der Waals surface area contributed by atoms with Crippen molar-refractivity contribution < 1.29 is 14.3 Å². The zero-order chi connectivity index (χ0) is 25.7. The lowest BCUT2D eigenvalue weighted by Crippen LogP contribution is -2.47. The molecule has 2 aromatic carbocycles. The van der Waals surface area contributed by atoms with Gasteiger partial charge < -0.3 is 14.4 Å². The Labute approximate surface area is 214 Å². The lowest BCUT2D eigenvalue weighted by atomic mass is 9.84. The fourth-order valence-electron chi connectivity index (χ4n) is 5.35. The topological polar surface area (TPSA) is 59.8 Å². The molecule has 7 heteroatoms. The van der Waals surface area contributed by atoms with Gasteiger partial charge in [-0.15, -0.1) is 0 Å². The number of aromatic nitrogens is 2. The van der Waals surface area contributed by atoms with Crippen molar-refractivity contribution in [2.45, 2.75) is 38.8 Å². The highest BCUT2D eigenvalue weighted by molar-refractivity contribution is 5.92. The van der Waals surface area contributed by atoms with E-state index in [1.165, 1.54) is 11.1 Å². The number of likely N-dealkylation sites (N-methyl/N-ethyl adjacent to an activating group) is 1. The molecule has 0 aliphatic carbocycles. The van der Waals surface area contributed by atoms with E-state index in [2.05, 4.69) is 46.4 Å². The minimum absolute atomic E-state index is 0.0341. The van der Waals surface area contributed by atoms with Crippen LogP contribution in [-0.2, 0) is 20.0 Å². The van der Waals surface area contributed by atoms with Crippen LogP contribution in [0.2, 0.25) is 0 Å². The quantitative estimate of drug-likeness (QED) is 0.447. The summed E-state index contributed by atoms with van der Waals surface area (Å²) in [5.74, 6) is 1.97. The number of benzene rings is 2. The number of nitrogens with zero attached hydrogens (tertiary/aromatic N) is 4. The number of hydrogen-bond acceptors (Lipinski definition) is 5. The zero-order valence-electron chi connectivity index (χ0n) is 22.1. The molecule has 1 aliphatic heterocycles. The molecule has 0 unspecified atom stereocenters. The molecular weight excluding hydrogens is 452 g/mol. The van der Waals surface area contributed by atoms with E-state index < -0.39 is 0 Å². The second-order valence-corrected chi connectivity index (χ2v) is 9.77. The van der Waals surface area contributed by atoms with Crippen molar-refractivity contribution in [2.75, 3.05) is 34.4 Å². The molecule has 0 N–H and O–H groups in total. The van der Waals surface area contributed by atoms with Crippen LogP contribution in [0.5, 0.6) is 11.5 Å². The number of carbonyl (C=O) groups is 1. The third-order valence-corrected chi connectivity index (χ3v) is 7.36. The first-order chi connectivity index (χ1) is 17.4. The van der Waals surface area contributed by atoms with Gasteiger partial charge in [-0.2, -0.15) is 5.10 Å². The molecule has 0 radical (unpaired) electrons. The van der Waals surface area contributed by atoms with Crippen molar-refractivity contribution in [1.29, 1.82) is 0 Å². The highest BCUT2D eigenvalue weighted by atomic mass is 16.5. The van der Waals surface area contributed by atoms with Gasteiger partial charge in [0.1, 0.15) is 5.69 Å². The van der Waals surface area contributed by atoms with E-state index in [1.54, 1.807) is 18.9 Å². The predicted octanol–water partition coefficient (Wildman–Crippen LogP) is 4.34. The molecule has 0 bridgehead atoms. The number of rotatable bonds is 9. The summed E-state index contributed by atoms with van der Waals surface area (Å²) in [6, 6.07) is 18.6. The monoisotopic (exact) mass is 490 g/mol. The summed E-state index contributed by atoms with van der Waals surface area (Å²) < 4.78 is 12.5. The highest BCUT2D eigenvalue weighted by Crippen LogP contribution is 2.31. The smallest absolute Gasteiger partial charge is 0.272 e. The summed E-state index contributed by atoms with van der Waals surface area (Å²) in [6.45, 7) is 4.79. The summed E-state index contributed by atoms with van der Waals surface area (Å²) in [4.78, 5) is 18.0. The third kappa shape index (κ3) is 5.90. The molecule has 2 heterocycles. The Morgan fingerprint density at radius 3 is 2.33 bits per heavy atom. The normalized spacial score (nSPS) is 15.5. The summed E-state index contributed by atoms with van der Waals surface area (Å²) in [5.41, 5.74) is 3.97. The minimum Gasteiger partial charge on any atom is -0.493 e. The highest BCUT2D eigenvalue weighted by Gasteiger charge is 2.33. The van der Waals surface area contributed by atoms with Crippen molar-refractivity contribution >= 4 is 5.91 Å². The number of hydrogen-bond donors (Lipinski definition) is 0. The number of likely N-dealkylation sites (tertiary alicyclic amines) is 1. The molecule has 3 aromatic rings. The van der Waals surface area contributed by atoms with Gasteiger partial charge in [0.15, 0.2) is 11.5 Å². The van der Waals surface area contributed by atoms with Gasteiger partial charge in [0.05, 0.1) is 19.9 Å². The number of piperidine rings is 1. The Morgan fingerprint density at radius 1 is 1.03 bits per heavy atom. The van der Waals surface area contributed by atoms with Crippen molar-refractivity contribution in [3.63, 3.8) is 0 Å². The molecule has 4 rings (SSSR count). The van der Waals surface area contributed by atoms with Crippen LogP contribution in [0.15, 0.2) is 54.6 Å². The van der Waals surface area contributed by atoms with Gasteiger partial charge >= 0.3 is 0 Å². The van der Waals surface area contributed by atoms with E-state index in [4.69, 9.17) is 9.47 Å². The molecule has 7 nitrogen and oxygen atoms in total. The molecule has 1 saturated heterocycles. The van der Waals surface area contributed by atoms with E-state index in [9.17, 15) is 4.79 Å². The molecule has 1 aliphatic rings. The fourth-order valence-corrected chi connectivity index (χ4v) is 5.35. The average molecular weight is 491 g/mol. The second-order valence-electron chi connectivity index (χ2n) is 9.77. The minimum atomic E-state index is 0.0341. The van der Waals surface area contributed by atoms with Gasteiger partial charge in [0, 0.05) is 26.7 Å². The van der Waals surface area contributed by atoms with Crippen LogP contribution in [0, 0.1) is 12.8 Å². The molecule has 1 aromatic heterocycles. The average Bonchev–Trinajstić information content (AvgIpc) is 3.25. The summed E-state index contributed by atoms with van der Waals surface area (Å²) >= 11 is 0. The Bertz CT molecular complexity index is 1150. The number of aryl methyl sites for hydroxylation is 2. The molecule has 1 fully saturated rings. The standard InChI is InChI=1S/C29H38N4O3/c1-21-17-26(32(3)30-21)29(34)31(2)25(18-22-9-7-6-8-10-22)24-13-15-33(16-14-24)20-23-11-12-27(35-4)28(19-23)36-5/h6-12,17,19,24-25H,13-16,18,20H2,1-5H3/t25-/m0/s1. The lowest BCUT2D eigenvalue weighted by Gasteiger charge is -2.40. The molecule has 192 valence electrons. The Kier molecular flexibility index (Phi) is 8.31. The first kappa shape index (κ1) is 25.8. The summed E-state index contributed by atoms with van der Waals surface area (Å²) in [5, 5.41) is 4.39. The van der Waals surface area contributed by atoms with E-state index >= 15 is 0 Å². The lowest BCUT2D eigenvalue weighted by molar-refractivity contribution is 0.0575. The van der Waals surface area contributed by atoms with E-state index in [-0.39, 0.29) is 11.9 Å². The maximum Gasteiger partial charge on any atom is 0.272 e. The van der Waals surface area contributed by atoms with Crippen molar-refractivity contribution in [3.05, 3.63) is 77.1 Å². The van der Waals surface area contributed by atoms with Crippen molar-refractivity contribution in [3.8, 4) is 11.5 Å². The Balaban J connectivity index is 1.46. The van der Waals surface area contributed by atoms with Crippen LogP contribution in [0.25, 0.3) is 0 Å². The molecule has 0 saturated carbocycles.